The van der Waals surface area contributed by atoms with Gasteiger partial charge in [0.05, 0.1) is 6.10 Å². The van der Waals surface area contributed by atoms with E-state index in [0.29, 0.717) is 4.96 Å². The molecule has 6 nitrogen and oxygen atoms in total. The smallest absolute Gasteiger partial charge is 0.275 e. The number of nitrogens with zero attached hydrogens (tertiary/aromatic N) is 4. The summed E-state index contributed by atoms with van der Waals surface area (Å²) in [4.78, 5) is 19.2. The van der Waals surface area contributed by atoms with Crippen molar-refractivity contribution in [3.05, 3.63) is 22.1 Å². The molecule has 1 atom stereocenters. The first-order valence-corrected chi connectivity index (χ1v) is 8.21. The van der Waals surface area contributed by atoms with E-state index in [1.165, 1.54) is 22.3 Å². The van der Waals surface area contributed by atoms with E-state index >= 15 is 0 Å². The average molecular weight is 308 g/mol. The number of ether oxygens (including phenoxy) is 1. The zero-order chi connectivity index (χ0) is 14.8. The molecule has 0 bridgehead atoms. The van der Waals surface area contributed by atoms with Gasteiger partial charge in [-0.25, -0.2) is 4.98 Å². The summed E-state index contributed by atoms with van der Waals surface area (Å²) >= 11 is 1.45. The highest BCUT2D eigenvalue weighted by molar-refractivity contribution is 7.20. The Bertz CT molecular complexity index is 675. The Morgan fingerprint density at radius 3 is 3.10 bits per heavy atom. The molecule has 2 aromatic heterocycles. The largest absolute Gasteiger partial charge is 0.376 e. The SMILES string of the molecule is CCc1cc(=O)n2nc(N(C)CC3CCCCO3)sc2n1. The van der Waals surface area contributed by atoms with E-state index in [9.17, 15) is 4.79 Å². The monoisotopic (exact) mass is 308 g/mol. The van der Waals surface area contributed by atoms with Gasteiger partial charge in [0.25, 0.3) is 5.56 Å². The van der Waals surface area contributed by atoms with Crippen molar-refractivity contribution in [2.45, 2.75) is 38.7 Å². The maximum Gasteiger partial charge on any atom is 0.275 e. The van der Waals surface area contributed by atoms with Crippen molar-refractivity contribution in [3.63, 3.8) is 0 Å². The summed E-state index contributed by atoms with van der Waals surface area (Å²) < 4.78 is 7.14. The summed E-state index contributed by atoms with van der Waals surface area (Å²) in [6, 6.07) is 1.56. The van der Waals surface area contributed by atoms with Crippen molar-refractivity contribution in [2.24, 2.45) is 0 Å². The highest BCUT2D eigenvalue weighted by atomic mass is 32.1. The van der Waals surface area contributed by atoms with Crippen LogP contribution in [0.25, 0.3) is 4.96 Å². The number of rotatable bonds is 4. The molecule has 2 aromatic rings. The van der Waals surface area contributed by atoms with Crippen LogP contribution in [0, 0.1) is 0 Å². The number of hydrogen-bond acceptors (Lipinski definition) is 6. The summed E-state index contributed by atoms with van der Waals surface area (Å²) in [6.45, 7) is 3.64. The first-order valence-electron chi connectivity index (χ1n) is 7.40. The molecule has 0 aliphatic carbocycles. The fourth-order valence-corrected chi connectivity index (χ4v) is 3.41. The van der Waals surface area contributed by atoms with Crippen molar-refractivity contribution in [2.75, 3.05) is 25.1 Å². The normalized spacial score (nSPS) is 19.0. The molecule has 1 unspecified atom stereocenters. The number of anilines is 1. The highest BCUT2D eigenvalue weighted by Gasteiger charge is 2.18. The molecule has 1 aliphatic heterocycles. The number of fused-ring (bicyclic) bond motifs is 1. The van der Waals surface area contributed by atoms with Gasteiger partial charge in [-0.05, 0) is 25.7 Å². The third-order valence-electron chi connectivity index (χ3n) is 3.73. The molecule has 7 heteroatoms. The van der Waals surface area contributed by atoms with Crippen molar-refractivity contribution >= 4 is 21.4 Å². The van der Waals surface area contributed by atoms with E-state index in [0.717, 1.165) is 43.2 Å². The van der Waals surface area contributed by atoms with Crippen LogP contribution in [0.4, 0.5) is 5.13 Å². The lowest BCUT2D eigenvalue weighted by Crippen LogP contribution is -2.33. The second kappa shape index (κ2) is 6.11. The minimum atomic E-state index is -0.110. The molecule has 0 amide bonds. The van der Waals surface area contributed by atoms with Gasteiger partial charge in [-0.1, -0.05) is 18.3 Å². The lowest BCUT2D eigenvalue weighted by atomic mass is 10.1. The predicted molar refractivity (Wildman–Crippen MR) is 83.4 cm³/mol. The number of hydrogen-bond donors (Lipinski definition) is 0. The summed E-state index contributed by atoms with van der Waals surface area (Å²) in [6.07, 6.45) is 4.48. The van der Waals surface area contributed by atoms with Crippen LogP contribution in [-0.4, -0.2) is 40.9 Å². The molecular weight excluding hydrogens is 288 g/mol. The van der Waals surface area contributed by atoms with E-state index in [1.54, 1.807) is 6.07 Å². The Labute approximate surface area is 127 Å². The topological polar surface area (TPSA) is 59.7 Å². The molecule has 0 saturated carbocycles. The minimum Gasteiger partial charge on any atom is -0.376 e. The lowest BCUT2D eigenvalue weighted by Gasteiger charge is -2.26. The van der Waals surface area contributed by atoms with Crippen LogP contribution in [-0.2, 0) is 11.2 Å². The Hall–Kier alpha value is -1.47. The standard InChI is InChI=1S/C14H20N4O2S/c1-3-10-8-12(19)18-13(15-10)21-14(16-18)17(2)9-11-6-4-5-7-20-11/h8,11H,3-7,9H2,1-2H3. The van der Waals surface area contributed by atoms with Gasteiger partial charge in [0.15, 0.2) is 0 Å². The Balaban J connectivity index is 1.82. The highest BCUT2D eigenvalue weighted by Crippen LogP contribution is 2.22. The maximum absolute atomic E-state index is 12.0. The molecular formula is C14H20N4O2S. The second-order valence-corrected chi connectivity index (χ2v) is 6.32. The predicted octanol–water partition coefficient (Wildman–Crippen LogP) is 1.72. The third kappa shape index (κ3) is 3.08. The Kier molecular flexibility index (Phi) is 4.21. The molecule has 3 heterocycles. The Morgan fingerprint density at radius 2 is 2.38 bits per heavy atom. The molecule has 21 heavy (non-hydrogen) atoms. The quantitative estimate of drug-likeness (QED) is 0.860. The van der Waals surface area contributed by atoms with Crippen LogP contribution in [0.1, 0.15) is 31.9 Å². The average Bonchev–Trinajstić information content (AvgIpc) is 2.93. The van der Waals surface area contributed by atoms with E-state index < -0.39 is 0 Å². The van der Waals surface area contributed by atoms with Crippen molar-refractivity contribution in [3.8, 4) is 0 Å². The molecule has 0 spiro atoms. The number of aryl methyl sites for hydroxylation is 1. The van der Waals surface area contributed by atoms with Crippen LogP contribution in [0.2, 0.25) is 0 Å². The minimum absolute atomic E-state index is 0.110. The molecule has 0 aromatic carbocycles. The van der Waals surface area contributed by atoms with Gasteiger partial charge in [0.2, 0.25) is 10.1 Å². The van der Waals surface area contributed by atoms with E-state index in [-0.39, 0.29) is 11.7 Å². The number of likely N-dealkylation sites (N-methyl/N-ethyl adjacent to an activating group) is 1. The van der Waals surface area contributed by atoms with E-state index in [2.05, 4.69) is 15.0 Å². The van der Waals surface area contributed by atoms with Gasteiger partial charge in [-0.15, -0.1) is 5.10 Å². The third-order valence-corrected chi connectivity index (χ3v) is 4.75. The van der Waals surface area contributed by atoms with Gasteiger partial charge in [-0.2, -0.15) is 4.52 Å². The molecule has 3 rings (SSSR count). The van der Waals surface area contributed by atoms with E-state index in [1.807, 2.05) is 14.0 Å². The lowest BCUT2D eigenvalue weighted by molar-refractivity contribution is 0.0216. The van der Waals surface area contributed by atoms with E-state index in [4.69, 9.17) is 4.74 Å². The molecule has 114 valence electrons. The van der Waals surface area contributed by atoms with Crippen LogP contribution >= 0.6 is 11.3 Å². The molecule has 0 radical (unpaired) electrons. The summed E-state index contributed by atoms with van der Waals surface area (Å²) in [5.41, 5.74) is 0.704. The van der Waals surface area contributed by atoms with Crippen molar-refractivity contribution in [1.82, 2.24) is 14.6 Å². The van der Waals surface area contributed by atoms with Crippen molar-refractivity contribution in [1.29, 1.82) is 0 Å². The number of aromatic nitrogens is 3. The van der Waals surface area contributed by atoms with Crippen LogP contribution in [0.5, 0.6) is 0 Å². The molecule has 1 saturated heterocycles. The first-order chi connectivity index (χ1) is 10.2. The summed E-state index contributed by atoms with van der Waals surface area (Å²) in [7, 11) is 1.99. The Morgan fingerprint density at radius 1 is 1.52 bits per heavy atom. The summed E-state index contributed by atoms with van der Waals surface area (Å²) in [5.74, 6) is 0. The van der Waals surface area contributed by atoms with Crippen molar-refractivity contribution < 1.29 is 4.74 Å². The van der Waals surface area contributed by atoms with Gasteiger partial charge in [0.1, 0.15) is 0 Å². The van der Waals surface area contributed by atoms with Crippen LogP contribution < -0.4 is 10.5 Å². The fourth-order valence-electron chi connectivity index (χ4n) is 2.52. The molecule has 1 fully saturated rings. The van der Waals surface area contributed by atoms with Crippen LogP contribution in [0.15, 0.2) is 10.9 Å². The zero-order valence-corrected chi connectivity index (χ0v) is 13.2. The van der Waals surface area contributed by atoms with Gasteiger partial charge < -0.3 is 9.64 Å². The fraction of sp³-hybridized carbons (Fsp3) is 0.643. The van der Waals surface area contributed by atoms with Gasteiger partial charge in [-0.3, -0.25) is 4.79 Å². The summed E-state index contributed by atoms with van der Waals surface area (Å²) in [5, 5.41) is 5.19. The van der Waals surface area contributed by atoms with Gasteiger partial charge in [0, 0.05) is 32.0 Å². The van der Waals surface area contributed by atoms with Crippen LogP contribution in [0.3, 0.4) is 0 Å². The second-order valence-electron chi connectivity index (χ2n) is 5.39. The first kappa shape index (κ1) is 14.5. The van der Waals surface area contributed by atoms with Gasteiger partial charge >= 0.3 is 0 Å². The zero-order valence-electron chi connectivity index (χ0n) is 12.4. The maximum atomic E-state index is 12.0. The molecule has 0 N–H and O–H groups in total. The molecule has 1 aliphatic rings.